The molecule has 0 saturated carbocycles. The number of para-hydroxylation sites is 1. The number of nitrogens with zero attached hydrogens (tertiary/aromatic N) is 7. The van der Waals surface area contributed by atoms with Crippen LogP contribution in [0.25, 0.3) is 22.2 Å². The molecular formula is C32H33N9O3. The van der Waals surface area contributed by atoms with E-state index in [4.69, 9.17) is 9.72 Å². The fourth-order valence-electron chi connectivity index (χ4n) is 5.92. The Morgan fingerprint density at radius 2 is 2.07 bits per heavy atom. The van der Waals surface area contributed by atoms with Crippen LogP contribution in [-0.4, -0.2) is 78.6 Å². The number of rotatable bonds is 8. The molecule has 2 aliphatic heterocycles. The van der Waals surface area contributed by atoms with E-state index in [0.717, 1.165) is 47.4 Å². The van der Waals surface area contributed by atoms with Crippen LogP contribution in [0.4, 0.5) is 28.7 Å². The SMILES string of the molecule is C=CC(=O)Nc1cc(Nc2ncc(C#N)c(-c3cn4c5c(cccc35)N(C)C(=O)C4)n2)c(OC)cc1N1CC[C@@H](N(C)C)C1. The molecule has 44 heavy (non-hydrogen) atoms. The van der Waals surface area contributed by atoms with Gasteiger partial charge in [0.1, 0.15) is 18.4 Å². The third-order valence-corrected chi connectivity index (χ3v) is 8.32. The Labute approximate surface area is 255 Å². The van der Waals surface area contributed by atoms with Crippen LogP contribution in [0.3, 0.4) is 0 Å². The number of likely N-dealkylation sites (N-methyl/N-ethyl adjacent to an activating group) is 2. The lowest BCUT2D eigenvalue weighted by Crippen LogP contribution is -2.33. The van der Waals surface area contributed by atoms with Crippen LogP contribution < -0.4 is 25.2 Å². The van der Waals surface area contributed by atoms with Gasteiger partial charge in [0.25, 0.3) is 0 Å². The number of ether oxygens (including phenoxy) is 1. The van der Waals surface area contributed by atoms with Crippen LogP contribution in [0.2, 0.25) is 0 Å². The van der Waals surface area contributed by atoms with Crippen molar-refractivity contribution in [2.75, 3.05) is 61.8 Å². The number of aromatic nitrogens is 3. The molecule has 2 amide bonds. The average molecular weight is 592 g/mol. The lowest BCUT2D eigenvalue weighted by molar-refractivity contribution is -0.119. The second-order valence-corrected chi connectivity index (χ2v) is 11.1. The van der Waals surface area contributed by atoms with Crippen molar-refractivity contribution in [2.45, 2.75) is 19.0 Å². The van der Waals surface area contributed by atoms with E-state index in [2.05, 4.69) is 52.2 Å². The van der Waals surface area contributed by atoms with E-state index >= 15 is 0 Å². The van der Waals surface area contributed by atoms with E-state index < -0.39 is 0 Å². The number of carbonyl (C=O) groups is 2. The molecule has 0 unspecified atom stereocenters. The Balaban J connectivity index is 1.41. The maximum absolute atomic E-state index is 12.6. The molecule has 12 nitrogen and oxygen atoms in total. The van der Waals surface area contributed by atoms with Gasteiger partial charge in [0, 0.05) is 49.4 Å². The summed E-state index contributed by atoms with van der Waals surface area (Å²) in [6.07, 6.45) is 5.56. The van der Waals surface area contributed by atoms with E-state index in [1.807, 2.05) is 35.0 Å². The number of benzene rings is 2. The first kappa shape index (κ1) is 28.7. The van der Waals surface area contributed by atoms with Crippen LogP contribution in [0.15, 0.2) is 55.4 Å². The number of nitriles is 1. The van der Waals surface area contributed by atoms with E-state index in [9.17, 15) is 14.9 Å². The van der Waals surface area contributed by atoms with Crippen LogP contribution in [0, 0.1) is 11.3 Å². The van der Waals surface area contributed by atoms with Gasteiger partial charge in [0.05, 0.1) is 52.8 Å². The number of anilines is 5. The molecule has 2 N–H and O–H groups in total. The number of hydrogen-bond donors (Lipinski definition) is 2. The monoisotopic (exact) mass is 591 g/mol. The van der Waals surface area contributed by atoms with Gasteiger partial charge in [-0.3, -0.25) is 9.59 Å². The summed E-state index contributed by atoms with van der Waals surface area (Å²) in [5, 5.41) is 17.0. The molecule has 0 radical (unpaired) electrons. The van der Waals surface area contributed by atoms with Gasteiger partial charge in [-0.15, -0.1) is 0 Å². The normalized spacial score (nSPS) is 15.9. The first-order chi connectivity index (χ1) is 21.2. The Kier molecular flexibility index (Phi) is 7.40. The number of hydrogen-bond acceptors (Lipinski definition) is 9. The largest absolute Gasteiger partial charge is 0.494 e. The van der Waals surface area contributed by atoms with Crippen molar-refractivity contribution in [3.63, 3.8) is 0 Å². The summed E-state index contributed by atoms with van der Waals surface area (Å²) in [5.41, 5.74) is 5.11. The van der Waals surface area contributed by atoms with Crippen LogP contribution in [0.1, 0.15) is 12.0 Å². The van der Waals surface area contributed by atoms with E-state index in [-0.39, 0.29) is 24.3 Å². The molecule has 0 spiro atoms. The van der Waals surface area contributed by atoms with Gasteiger partial charge in [-0.05, 0) is 38.7 Å². The Morgan fingerprint density at radius 1 is 1.25 bits per heavy atom. The van der Waals surface area contributed by atoms with Gasteiger partial charge < -0.3 is 34.6 Å². The van der Waals surface area contributed by atoms with Crippen molar-refractivity contribution >= 4 is 51.4 Å². The lowest BCUT2D eigenvalue weighted by atomic mass is 10.1. The van der Waals surface area contributed by atoms with Crippen molar-refractivity contribution < 1.29 is 14.3 Å². The molecule has 1 saturated heterocycles. The van der Waals surface area contributed by atoms with Crippen molar-refractivity contribution in [3.05, 3.63) is 60.9 Å². The van der Waals surface area contributed by atoms with Gasteiger partial charge in [-0.2, -0.15) is 5.26 Å². The zero-order chi connectivity index (χ0) is 31.1. The molecule has 6 rings (SSSR count). The molecule has 0 aliphatic carbocycles. The van der Waals surface area contributed by atoms with Crippen molar-refractivity contribution in [1.82, 2.24) is 19.4 Å². The Hall–Kier alpha value is -5.41. The predicted octanol–water partition coefficient (Wildman–Crippen LogP) is 3.96. The lowest BCUT2D eigenvalue weighted by Gasteiger charge is -2.25. The zero-order valence-corrected chi connectivity index (χ0v) is 25.1. The summed E-state index contributed by atoms with van der Waals surface area (Å²) in [4.78, 5) is 40.3. The summed E-state index contributed by atoms with van der Waals surface area (Å²) >= 11 is 0. The standard InChI is InChI=1S/C32H33N9O3/c1-6-28(42)35-23-12-24(27(44-5)13-26(23)40-11-10-20(16-40)38(2)3)36-32-34-15-19(14-33)30(37-32)22-17-41-18-29(43)39(4)25-9-7-8-21(22)31(25)41/h6-9,12-13,15,17,20H,1,10-11,16,18H2,2-5H3,(H,35,42)(H,34,36,37)/t20-/m1/s1. The molecule has 224 valence electrons. The molecule has 1 atom stereocenters. The highest BCUT2D eigenvalue weighted by molar-refractivity contribution is 6.10. The smallest absolute Gasteiger partial charge is 0.247 e. The number of nitrogens with one attached hydrogen (secondary N) is 2. The molecule has 12 heteroatoms. The van der Waals surface area contributed by atoms with Crippen molar-refractivity contribution in [3.8, 4) is 23.1 Å². The number of methoxy groups -OCH3 is 1. The van der Waals surface area contributed by atoms with Crippen molar-refractivity contribution in [2.24, 2.45) is 0 Å². The Morgan fingerprint density at radius 3 is 2.77 bits per heavy atom. The first-order valence-corrected chi connectivity index (χ1v) is 14.2. The molecule has 2 aliphatic rings. The highest BCUT2D eigenvalue weighted by Gasteiger charge is 2.28. The van der Waals surface area contributed by atoms with Crippen molar-refractivity contribution in [1.29, 1.82) is 5.26 Å². The summed E-state index contributed by atoms with van der Waals surface area (Å²) < 4.78 is 7.67. The summed E-state index contributed by atoms with van der Waals surface area (Å²) in [7, 11) is 7.47. The fraction of sp³-hybridized carbons (Fsp3) is 0.281. The van der Waals surface area contributed by atoms with Gasteiger partial charge in [0.15, 0.2) is 0 Å². The fourth-order valence-corrected chi connectivity index (χ4v) is 5.92. The maximum atomic E-state index is 12.6. The summed E-state index contributed by atoms with van der Waals surface area (Å²) in [5.74, 6) is 0.409. The van der Waals surface area contributed by atoms with E-state index in [1.54, 1.807) is 25.1 Å². The molecule has 4 aromatic rings. The third-order valence-electron chi connectivity index (χ3n) is 8.32. The van der Waals surface area contributed by atoms with E-state index in [1.165, 1.54) is 12.3 Å². The summed E-state index contributed by atoms with van der Waals surface area (Å²) in [6.45, 7) is 5.43. The molecule has 0 bridgehead atoms. The van der Waals surface area contributed by atoms with E-state index in [0.29, 0.717) is 34.4 Å². The van der Waals surface area contributed by atoms with Gasteiger partial charge >= 0.3 is 0 Å². The minimum absolute atomic E-state index is 0.0289. The third kappa shape index (κ3) is 4.97. The second-order valence-electron chi connectivity index (χ2n) is 11.1. The Bertz CT molecular complexity index is 1860. The summed E-state index contributed by atoms with van der Waals surface area (Å²) in [6, 6.07) is 12.0. The van der Waals surface area contributed by atoms with Gasteiger partial charge in [-0.25, -0.2) is 9.97 Å². The van der Waals surface area contributed by atoms with Gasteiger partial charge in [-0.1, -0.05) is 18.7 Å². The quantitative estimate of drug-likeness (QED) is 0.292. The first-order valence-electron chi connectivity index (χ1n) is 14.2. The minimum atomic E-state index is -0.333. The van der Waals surface area contributed by atoms with Crippen LogP contribution >= 0.6 is 0 Å². The highest BCUT2D eigenvalue weighted by atomic mass is 16.5. The molecule has 4 heterocycles. The number of amides is 2. The minimum Gasteiger partial charge on any atom is -0.494 e. The highest BCUT2D eigenvalue weighted by Crippen LogP contribution is 2.41. The number of carbonyl (C=O) groups excluding carboxylic acids is 2. The molecular weight excluding hydrogens is 558 g/mol. The van der Waals surface area contributed by atoms with Gasteiger partial charge in [0.2, 0.25) is 17.8 Å². The zero-order valence-electron chi connectivity index (χ0n) is 25.1. The average Bonchev–Trinajstić information content (AvgIpc) is 3.66. The predicted molar refractivity (Wildman–Crippen MR) is 170 cm³/mol. The second kappa shape index (κ2) is 11.3. The van der Waals surface area contributed by atoms with Crippen LogP contribution in [0.5, 0.6) is 5.75 Å². The van der Waals surface area contributed by atoms with Crippen LogP contribution in [-0.2, 0) is 16.1 Å². The molecule has 2 aromatic heterocycles. The maximum Gasteiger partial charge on any atom is 0.247 e. The molecule has 1 fully saturated rings. The molecule has 2 aromatic carbocycles. The topological polar surface area (TPSA) is 132 Å².